The van der Waals surface area contributed by atoms with E-state index in [0.29, 0.717) is 13.0 Å². The SMILES string of the molecule is CCCC(C)(O)CNC(CC)C(=O)OC. The lowest BCUT2D eigenvalue weighted by Crippen LogP contribution is -2.45. The molecule has 4 heteroatoms. The van der Waals surface area contributed by atoms with Gasteiger partial charge in [0.2, 0.25) is 0 Å². The highest BCUT2D eigenvalue weighted by Crippen LogP contribution is 2.10. The Hall–Kier alpha value is -0.610. The standard InChI is InChI=1S/C11H23NO3/c1-5-7-11(3,14)8-12-9(6-2)10(13)15-4/h9,12,14H,5-8H2,1-4H3. The molecule has 90 valence electrons. The van der Waals surface area contributed by atoms with E-state index in [4.69, 9.17) is 0 Å². The van der Waals surface area contributed by atoms with Crippen LogP contribution in [-0.4, -0.2) is 36.4 Å². The van der Waals surface area contributed by atoms with Crippen molar-refractivity contribution in [2.75, 3.05) is 13.7 Å². The number of hydrogen-bond acceptors (Lipinski definition) is 4. The number of methoxy groups -OCH3 is 1. The van der Waals surface area contributed by atoms with Crippen LogP contribution in [0.1, 0.15) is 40.0 Å². The van der Waals surface area contributed by atoms with Crippen LogP contribution in [0, 0.1) is 0 Å². The van der Waals surface area contributed by atoms with Gasteiger partial charge in [0.15, 0.2) is 0 Å². The van der Waals surface area contributed by atoms with Crippen molar-refractivity contribution in [1.29, 1.82) is 0 Å². The topological polar surface area (TPSA) is 58.6 Å². The van der Waals surface area contributed by atoms with E-state index in [1.54, 1.807) is 6.92 Å². The zero-order valence-corrected chi connectivity index (χ0v) is 10.2. The monoisotopic (exact) mass is 217 g/mol. The Labute approximate surface area is 92.0 Å². The lowest BCUT2D eigenvalue weighted by atomic mass is 10.0. The minimum atomic E-state index is -0.754. The molecule has 0 spiro atoms. The minimum Gasteiger partial charge on any atom is -0.468 e. The fraction of sp³-hybridized carbons (Fsp3) is 0.909. The third-order valence-electron chi connectivity index (χ3n) is 2.41. The molecule has 0 saturated heterocycles. The zero-order valence-electron chi connectivity index (χ0n) is 10.2. The molecule has 0 amide bonds. The first-order valence-corrected chi connectivity index (χ1v) is 5.50. The molecule has 0 aromatic rings. The predicted molar refractivity (Wildman–Crippen MR) is 59.6 cm³/mol. The van der Waals surface area contributed by atoms with Gasteiger partial charge in [0.25, 0.3) is 0 Å². The van der Waals surface area contributed by atoms with Gasteiger partial charge in [-0.05, 0) is 19.8 Å². The maximum absolute atomic E-state index is 11.3. The lowest BCUT2D eigenvalue weighted by Gasteiger charge is -2.25. The van der Waals surface area contributed by atoms with Crippen molar-refractivity contribution in [1.82, 2.24) is 5.32 Å². The zero-order chi connectivity index (χ0) is 11.9. The van der Waals surface area contributed by atoms with Crippen molar-refractivity contribution < 1.29 is 14.6 Å². The number of carbonyl (C=O) groups is 1. The fourth-order valence-corrected chi connectivity index (χ4v) is 1.51. The molecule has 0 saturated carbocycles. The summed E-state index contributed by atoms with van der Waals surface area (Å²) in [6, 6.07) is -0.321. The number of carbonyl (C=O) groups excluding carboxylic acids is 1. The highest BCUT2D eigenvalue weighted by Gasteiger charge is 2.23. The second-order valence-electron chi connectivity index (χ2n) is 4.11. The largest absolute Gasteiger partial charge is 0.468 e. The van der Waals surface area contributed by atoms with Gasteiger partial charge in [-0.3, -0.25) is 4.79 Å². The van der Waals surface area contributed by atoms with E-state index in [1.807, 2.05) is 13.8 Å². The first kappa shape index (κ1) is 14.4. The molecule has 0 aromatic carbocycles. The quantitative estimate of drug-likeness (QED) is 0.626. The Balaban J connectivity index is 4.05. The molecule has 15 heavy (non-hydrogen) atoms. The summed E-state index contributed by atoms with van der Waals surface area (Å²) in [5.74, 6) is -0.273. The van der Waals surface area contributed by atoms with Gasteiger partial charge < -0.3 is 15.2 Å². The summed E-state index contributed by atoms with van der Waals surface area (Å²) in [6.07, 6.45) is 2.30. The Kier molecular flexibility index (Phi) is 6.52. The third kappa shape index (κ3) is 5.74. The second-order valence-corrected chi connectivity index (χ2v) is 4.11. The van der Waals surface area contributed by atoms with Crippen molar-refractivity contribution in [3.8, 4) is 0 Å². The average molecular weight is 217 g/mol. The molecule has 2 atom stereocenters. The Morgan fingerprint density at radius 1 is 1.53 bits per heavy atom. The van der Waals surface area contributed by atoms with E-state index in [1.165, 1.54) is 7.11 Å². The molecule has 4 nitrogen and oxygen atoms in total. The van der Waals surface area contributed by atoms with E-state index in [2.05, 4.69) is 10.1 Å². The van der Waals surface area contributed by atoms with Crippen LogP contribution >= 0.6 is 0 Å². The van der Waals surface area contributed by atoms with Crippen LogP contribution in [0.5, 0.6) is 0 Å². The molecule has 0 heterocycles. The van der Waals surface area contributed by atoms with Gasteiger partial charge in [-0.15, -0.1) is 0 Å². The molecule has 2 N–H and O–H groups in total. The van der Waals surface area contributed by atoms with Crippen LogP contribution in [-0.2, 0) is 9.53 Å². The van der Waals surface area contributed by atoms with Crippen molar-refractivity contribution in [2.24, 2.45) is 0 Å². The molecule has 0 aliphatic rings. The summed E-state index contributed by atoms with van der Waals surface area (Å²) in [7, 11) is 1.37. The normalized spacial score (nSPS) is 16.9. The molecule has 2 unspecified atom stereocenters. The summed E-state index contributed by atoms with van der Waals surface area (Å²) in [5.41, 5.74) is -0.754. The van der Waals surface area contributed by atoms with Crippen molar-refractivity contribution >= 4 is 5.97 Å². The van der Waals surface area contributed by atoms with Crippen LogP contribution in [0.3, 0.4) is 0 Å². The average Bonchev–Trinajstić information content (AvgIpc) is 2.18. The van der Waals surface area contributed by atoms with Gasteiger partial charge in [-0.1, -0.05) is 20.3 Å². The van der Waals surface area contributed by atoms with Crippen LogP contribution in [0.4, 0.5) is 0 Å². The van der Waals surface area contributed by atoms with Crippen molar-refractivity contribution in [2.45, 2.75) is 51.7 Å². The lowest BCUT2D eigenvalue weighted by molar-refractivity contribution is -0.143. The van der Waals surface area contributed by atoms with Crippen LogP contribution in [0.25, 0.3) is 0 Å². The molecule has 0 aliphatic heterocycles. The summed E-state index contributed by atoms with van der Waals surface area (Å²) < 4.78 is 4.65. The predicted octanol–water partition coefficient (Wildman–Crippen LogP) is 1.08. The molecule has 0 rings (SSSR count). The summed E-state index contributed by atoms with van der Waals surface area (Å²) >= 11 is 0. The fourth-order valence-electron chi connectivity index (χ4n) is 1.51. The summed E-state index contributed by atoms with van der Waals surface area (Å²) in [4.78, 5) is 11.3. The van der Waals surface area contributed by atoms with E-state index in [-0.39, 0.29) is 12.0 Å². The number of aliphatic hydroxyl groups is 1. The molecule has 0 fully saturated rings. The smallest absolute Gasteiger partial charge is 0.322 e. The number of hydrogen-bond donors (Lipinski definition) is 2. The third-order valence-corrected chi connectivity index (χ3v) is 2.41. The Bertz CT molecular complexity index is 192. The Morgan fingerprint density at radius 3 is 2.53 bits per heavy atom. The van der Waals surface area contributed by atoms with E-state index >= 15 is 0 Å². The number of esters is 1. The minimum absolute atomic E-state index is 0.273. The second kappa shape index (κ2) is 6.80. The highest BCUT2D eigenvalue weighted by atomic mass is 16.5. The summed E-state index contributed by atoms with van der Waals surface area (Å²) in [6.45, 7) is 6.11. The molecule has 0 radical (unpaired) electrons. The highest BCUT2D eigenvalue weighted by molar-refractivity contribution is 5.75. The van der Waals surface area contributed by atoms with Gasteiger partial charge in [0, 0.05) is 6.54 Å². The van der Waals surface area contributed by atoms with E-state index < -0.39 is 5.60 Å². The van der Waals surface area contributed by atoms with Gasteiger partial charge in [0.1, 0.15) is 6.04 Å². The number of rotatable bonds is 7. The maximum atomic E-state index is 11.3. The number of ether oxygens (including phenoxy) is 1. The number of nitrogens with one attached hydrogen (secondary N) is 1. The van der Waals surface area contributed by atoms with Crippen LogP contribution in [0.15, 0.2) is 0 Å². The molecular formula is C11H23NO3. The molecule has 0 bridgehead atoms. The van der Waals surface area contributed by atoms with Crippen molar-refractivity contribution in [3.05, 3.63) is 0 Å². The van der Waals surface area contributed by atoms with Crippen molar-refractivity contribution in [3.63, 3.8) is 0 Å². The first-order chi connectivity index (χ1) is 6.96. The van der Waals surface area contributed by atoms with Gasteiger partial charge in [0.05, 0.1) is 12.7 Å². The van der Waals surface area contributed by atoms with E-state index in [9.17, 15) is 9.90 Å². The molecule has 0 aromatic heterocycles. The van der Waals surface area contributed by atoms with Crippen LogP contribution in [0.2, 0.25) is 0 Å². The van der Waals surface area contributed by atoms with Crippen LogP contribution < -0.4 is 5.32 Å². The maximum Gasteiger partial charge on any atom is 0.322 e. The molecular weight excluding hydrogens is 194 g/mol. The molecule has 0 aliphatic carbocycles. The van der Waals surface area contributed by atoms with E-state index in [0.717, 1.165) is 12.8 Å². The van der Waals surface area contributed by atoms with Gasteiger partial charge in [-0.2, -0.15) is 0 Å². The Morgan fingerprint density at radius 2 is 2.13 bits per heavy atom. The van der Waals surface area contributed by atoms with Gasteiger partial charge in [-0.25, -0.2) is 0 Å². The summed E-state index contributed by atoms with van der Waals surface area (Å²) in [5, 5.41) is 12.9. The van der Waals surface area contributed by atoms with Gasteiger partial charge >= 0.3 is 5.97 Å². The first-order valence-electron chi connectivity index (χ1n) is 5.50.